The van der Waals surface area contributed by atoms with E-state index in [0.717, 1.165) is 12.8 Å². The first-order valence-electron chi connectivity index (χ1n) is 5.39. The third-order valence-electron chi connectivity index (χ3n) is 2.50. The molecule has 1 unspecified atom stereocenters. The van der Waals surface area contributed by atoms with Gasteiger partial charge in [-0.3, -0.25) is 4.79 Å². The van der Waals surface area contributed by atoms with Crippen LogP contribution < -0.4 is 11.1 Å². The van der Waals surface area contributed by atoms with Crippen LogP contribution in [-0.2, 0) is 4.79 Å². The van der Waals surface area contributed by atoms with E-state index in [-0.39, 0.29) is 12.1 Å². The summed E-state index contributed by atoms with van der Waals surface area (Å²) in [5.74, 6) is -0.409. The number of nitrogens with one attached hydrogen (secondary N) is 1. The van der Waals surface area contributed by atoms with Crippen LogP contribution in [-0.4, -0.2) is 35.5 Å². The highest BCUT2D eigenvalue weighted by Crippen LogP contribution is 2.16. The average Bonchev–Trinajstić information content (AvgIpc) is 2.16. The van der Waals surface area contributed by atoms with Crippen LogP contribution in [0.3, 0.4) is 0 Å². The third-order valence-corrected chi connectivity index (χ3v) is 2.50. The summed E-state index contributed by atoms with van der Waals surface area (Å²) in [6.07, 6.45) is 2.58. The normalized spacial score (nSPS) is 21.5. The number of carbonyl (C=O) groups excluding carboxylic acids is 2. The van der Waals surface area contributed by atoms with Crippen molar-refractivity contribution in [2.24, 2.45) is 5.73 Å². The van der Waals surface area contributed by atoms with E-state index in [4.69, 9.17) is 5.73 Å². The first-order valence-corrected chi connectivity index (χ1v) is 5.39. The number of nitrogens with two attached hydrogens (primary N) is 1. The van der Waals surface area contributed by atoms with Crippen molar-refractivity contribution in [1.82, 2.24) is 10.2 Å². The zero-order valence-corrected chi connectivity index (χ0v) is 9.32. The zero-order chi connectivity index (χ0) is 11.4. The van der Waals surface area contributed by atoms with Gasteiger partial charge in [0.1, 0.15) is 6.04 Å². The lowest BCUT2D eigenvalue weighted by Crippen LogP contribution is -2.54. The van der Waals surface area contributed by atoms with E-state index in [1.54, 1.807) is 4.90 Å². The van der Waals surface area contributed by atoms with E-state index in [1.165, 1.54) is 0 Å². The summed E-state index contributed by atoms with van der Waals surface area (Å²) in [4.78, 5) is 24.4. The Morgan fingerprint density at radius 3 is 2.60 bits per heavy atom. The third kappa shape index (κ3) is 3.11. The molecule has 1 aliphatic rings. The molecule has 0 radical (unpaired) electrons. The van der Waals surface area contributed by atoms with Crippen LogP contribution in [0.4, 0.5) is 4.79 Å². The lowest BCUT2D eigenvalue weighted by atomic mass is 10.0. The molecule has 5 heteroatoms. The molecule has 0 saturated carbocycles. The summed E-state index contributed by atoms with van der Waals surface area (Å²) >= 11 is 0. The van der Waals surface area contributed by atoms with Gasteiger partial charge < -0.3 is 16.0 Å². The molecule has 1 atom stereocenters. The Labute approximate surface area is 90.0 Å². The van der Waals surface area contributed by atoms with Crippen LogP contribution in [0.2, 0.25) is 0 Å². The molecule has 1 rings (SSSR count). The number of urea groups is 1. The molecule has 1 aliphatic heterocycles. The molecular weight excluding hydrogens is 194 g/mol. The SMILES string of the molecule is CC(C)NC(=O)N1CCCCC1C(N)=O. The monoisotopic (exact) mass is 213 g/mol. The highest BCUT2D eigenvalue weighted by atomic mass is 16.2. The highest BCUT2D eigenvalue weighted by Gasteiger charge is 2.30. The summed E-state index contributed by atoms with van der Waals surface area (Å²) < 4.78 is 0. The van der Waals surface area contributed by atoms with Gasteiger partial charge in [0, 0.05) is 12.6 Å². The Hall–Kier alpha value is -1.26. The maximum Gasteiger partial charge on any atom is 0.318 e. The fraction of sp³-hybridized carbons (Fsp3) is 0.800. The second kappa shape index (κ2) is 5.00. The predicted octanol–water partition coefficient (Wildman–Crippen LogP) is 0.444. The quantitative estimate of drug-likeness (QED) is 0.698. The largest absolute Gasteiger partial charge is 0.368 e. The van der Waals surface area contributed by atoms with Gasteiger partial charge in [-0.05, 0) is 33.1 Å². The summed E-state index contributed by atoms with van der Waals surface area (Å²) in [7, 11) is 0. The van der Waals surface area contributed by atoms with E-state index >= 15 is 0 Å². The molecule has 0 bridgehead atoms. The van der Waals surface area contributed by atoms with Gasteiger partial charge in [0.2, 0.25) is 5.91 Å². The molecule has 3 N–H and O–H groups in total. The molecule has 0 spiro atoms. The highest BCUT2D eigenvalue weighted by molar-refractivity contribution is 5.86. The lowest BCUT2D eigenvalue weighted by Gasteiger charge is -2.34. The van der Waals surface area contributed by atoms with Gasteiger partial charge in [-0.25, -0.2) is 4.79 Å². The van der Waals surface area contributed by atoms with Crippen molar-refractivity contribution in [1.29, 1.82) is 0 Å². The first kappa shape index (κ1) is 11.8. The second-order valence-electron chi connectivity index (χ2n) is 4.21. The van der Waals surface area contributed by atoms with Crippen LogP contribution in [0, 0.1) is 0 Å². The van der Waals surface area contributed by atoms with Gasteiger partial charge in [0.25, 0.3) is 0 Å². The Balaban J connectivity index is 2.63. The molecule has 0 aliphatic carbocycles. The van der Waals surface area contributed by atoms with Crippen molar-refractivity contribution in [2.75, 3.05) is 6.54 Å². The summed E-state index contributed by atoms with van der Waals surface area (Å²) in [5, 5.41) is 2.78. The van der Waals surface area contributed by atoms with Crippen molar-refractivity contribution >= 4 is 11.9 Å². The Kier molecular flexibility index (Phi) is 3.94. The van der Waals surface area contributed by atoms with Gasteiger partial charge in [-0.2, -0.15) is 0 Å². The smallest absolute Gasteiger partial charge is 0.318 e. The molecule has 0 aromatic heterocycles. The first-order chi connectivity index (χ1) is 7.02. The summed E-state index contributed by atoms with van der Waals surface area (Å²) in [6.45, 7) is 4.40. The van der Waals surface area contributed by atoms with Crippen molar-refractivity contribution in [3.05, 3.63) is 0 Å². The van der Waals surface area contributed by atoms with E-state index in [1.807, 2.05) is 13.8 Å². The molecule has 3 amide bonds. The van der Waals surface area contributed by atoms with Crippen LogP contribution in [0.5, 0.6) is 0 Å². The lowest BCUT2D eigenvalue weighted by molar-refractivity contribution is -0.123. The number of likely N-dealkylation sites (tertiary alicyclic amines) is 1. The van der Waals surface area contributed by atoms with Crippen LogP contribution in [0.25, 0.3) is 0 Å². The number of hydrogen-bond donors (Lipinski definition) is 2. The van der Waals surface area contributed by atoms with Crippen LogP contribution >= 0.6 is 0 Å². The number of amides is 3. The maximum absolute atomic E-state index is 11.7. The molecule has 0 aromatic rings. The Morgan fingerprint density at radius 2 is 2.07 bits per heavy atom. The average molecular weight is 213 g/mol. The van der Waals surface area contributed by atoms with Gasteiger partial charge in [0.05, 0.1) is 0 Å². The molecule has 1 fully saturated rings. The van der Waals surface area contributed by atoms with Crippen molar-refractivity contribution in [3.63, 3.8) is 0 Å². The molecule has 86 valence electrons. The van der Waals surface area contributed by atoms with E-state index in [2.05, 4.69) is 5.32 Å². The van der Waals surface area contributed by atoms with Crippen LogP contribution in [0.15, 0.2) is 0 Å². The fourth-order valence-electron chi connectivity index (χ4n) is 1.80. The van der Waals surface area contributed by atoms with Crippen molar-refractivity contribution < 1.29 is 9.59 Å². The molecule has 1 saturated heterocycles. The van der Waals surface area contributed by atoms with Gasteiger partial charge in [-0.1, -0.05) is 0 Å². The molecular formula is C10H19N3O2. The second-order valence-corrected chi connectivity index (χ2v) is 4.21. The van der Waals surface area contributed by atoms with Crippen molar-refractivity contribution in [3.8, 4) is 0 Å². The number of rotatable bonds is 2. The van der Waals surface area contributed by atoms with E-state index in [9.17, 15) is 9.59 Å². The maximum atomic E-state index is 11.7. The zero-order valence-electron chi connectivity index (χ0n) is 9.32. The number of piperidine rings is 1. The van der Waals surface area contributed by atoms with Crippen LogP contribution in [0.1, 0.15) is 33.1 Å². The molecule has 5 nitrogen and oxygen atoms in total. The molecule has 15 heavy (non-hydrogen) atoms. The van der Waals surface area contributed by atoms with Gasteiger partial charge in [0.15, 0.2) is 0 Å². The minimum absolute atomic E-state index is 0.0768. The number of carbonyl (C=O) groups is 2. The fourth-order valence-corrected chi connectivity index (χ4v) is 1.80. The number of nitrogens with zero attached hydrogens (tertiary/aromatic N) is 1. The number of primary amides is 1. The van der Waals surface area contributed by atoms with E-state index < -0.39 is 11.9 Å². The minimum atomic E-state index is -0.433. The summed E-state index contributed by atoms with van der Waals surface area (Å²) in [6, 6.07) is -0.543. The van der Waals surface area contributed by atoms with Gasteiger partial charge >= 0.3 is 6.03 Å². The van der Waals surface area contributed by atoms with Gasteiger partial charge in [-0.15, -0.1) is 0 Å². The Morgan fingerprint density at radius 1 is 1.40 bits per heavy atom. The Bertz CT molecular complexity index is 253. The molecule has 0 aromatic carbocycles. The topological polar surface area (TPSA) is 75.4 Å². The number of hydrogen-bond acceptors (Lipinski definition) is 2. The van der Waals surface area contributed by atoms with E-state index in [0.29, 0.717) is 13.0 Å². The van der Waals surface area contributed by atoms with Crippen molar-refractivity contribution in [2.45, 2.75) is 45.2 Å². The summed E-state index contributed by atoms with van der Waals surface area (Å²) in [5.41, 5.74) is 5.27. The predicted molar refractivity (Wildman–Crippen MR) is 57.2 cm³/mol. The minimum Gasteiger partial charge on any atom is -0.368 e. The standard InChI is InChI=1S/C10H19N3O2/c1-7(2)12-10(15)13-6-4-3-5-8(13)9(11)14/h7-8H,3-6H2,1-2H3,(H2,11,14)(H,12,15). The molecule has 1 heterocycles.